The quantitative estimate of drug-likeness (QED) is 0.651. The Kier molecular flexibility index (Phi) is 5.59. The zero-order valence-corrected chi connectivity index (χ0v) is 13.5. The molecule has 2 nitrogen and oxygen atoms in total. The van der Waals surface area contributed by atoms with E-state index in [-0.39, 0.29) is 5.38 Å². The first kappa shape index (κ1) is 15.5. The zero-order valence-electron chi connectivity index (χ0n) is 12.7. The van der Waals surface area contributed by atoms with Crippen molar-refractivity contribution >= 4 is 11.6 Å². The summed E-state index contributed by atoms with van der Waals surface area (Å²) in [6.07, 6.45) is 4.17. The van der Waals surface area contributed by atoms with Gasteiger partial charge >= 0.3 is 0 Å². The van der Waals surface area contributed by atoms with Crippen LogP contribution in [0.1, 0.15) is 68.9 Å². The highest BCUT2D eigenvalue weighted by Gasteiger charge is 2.25. The molecule has 1 aliphatic carbocycles. The molecule has 0 aliphatic heterocycles. The Morgan fingerprint density at radius 1 is 1.00 bits per heavy atom. The van der Waals surface area contributed by atoms with Gasteiger partial charge in [-0.15, -0.1) is 11.6 Å². The third-order valence-electron chi connectivity index (χ3n) is 3.79. The van der Waals surface area contributed by atoms with Crippen LogP contribution in [0.25, 0.3) is 0 Å². The van der Waals surface area contributed by atoms with Crippen LogP contribution in [0.2, 0.25) is 0 Å². The van der Waals surface area contributed by atoms with Crippen molar-refractivity contribution in [3.63, 3.8) is 0 Å². The predicted octanol–water partition coefficient (Wildman–Crippen LogP) is 5.44. The van der Waals surface area contributed by atoms with E-state index in [9.17, 15) is 0 Å². The fourth-order valence-electron chi connectivity index (χ4n) is 2.65. The molecule has 0 saturated carbocycles. The highest BCUT2D eigenvalue weighted by molar-refractivity contribution is 6.21. The average Bonchev–Trinajstić information content (AvgIpc) is 2.46. The number of hydrogen-bond donors (Lipinski definition) is 0. The number of ether oxygens (including phenoxy) is 2. The number of fused-ring (bicyclic) bond motifs is 1. The third-order valence-corrected chi connectivity index (χ3v) is 4.25. The summed E-state index contributed by atoms with van der Waals surface area (Å²) in [5.41, 5.74) is 2.55. The van der Waals surface area contributed by atoms with Gasteiger partial charge in [-0.05, 0) is 54.9 Å². The van der Waals surface area contributed by atoms with E-state index >= 15 is 0 Å². The minimum Gasteiger partial charge on any atom is -0.490 e. The lowest BCUT2D eigenvalue weighted by Crippen LogP contribution is -2.11. The number of benzene rings is 1. The molecular weight excluding hydrogens is 272 g/mol. The van der Waals surface area contributed by atoms with Gasteiger partial charge in [-0.3, -0.25) is 0 Å². The summed E-state index contributed by atoms with van der Waals surface area (Å²) in [5.74, 6) is 2.26. The molecule has 2 rings (SSSR count). The second-order valence-corrected chi connectivity index (χ2v) is 6.10. The van der Waals surface area contributed by atoms with Crippen molar-refractivity contribution in [2.45, 2.75) is 57.7 Å². The van der Waals surface area contributed by atoms with Gasteiger partial charge in [0.1, 0.15) is 0 Å². The van der Waals surface area contributed by atoms with Crippen LogP contribution in [0.15, 0.2) is 12.1 Å². The Morgan fingerprint density at radius 2 is 1.55 bits per heavy atom. The van der Waals surface area contributed by atoms with E-state index in [0.29, 0.717) is 12.5 Å². The predicted molar refractivity (Wildman–Crippen MR) is 84.3 cm³/mol. The van der Waals surface area contributed by atoms with Gasteiger partial charge in [0.15, 0.2) is 11.5 Å². The van der Waals surface area contributed by atoms with Crippen LogP contribution in [0.5, 0.6) is 11.5 Å². The van der Waals surface area contributed by atoms with E-state index in [1.54, 1.807) is 0 Å². The Bertz CT molecular complexity index is 404. The molecule has 1 aromatic carbocycles. The lowest BCUT2D eigenvalue weighted by atomic mass is 9.83. The van der Waals surface area contributed by atoms with E-state index in [2.05, 4.69) is 32.9 Å². The van der Waals surface area contributed by atoms with Crippen molar-refractivity contribution in [2.24, 2.45) is 0 Å². The molecule has 0 saturated heterocycles. The molecule has 0 heterocycles. The van der Waals surface area contributed by atoms with Crippen LogP contribution >= 0.6 is 11.6 Å². The molecule has 1 aromatic rings. The van der Waals surface area contributed by atoms with Gasteiger partial charge < -0.3 is 9.47 Å². The van der Waals surface area contributed by atoms with Crippen molar-refractivity contribution in [3.05, 3.63) is 23.3 Å². The first-order valence-electron chi connectivity index (χ1n) is 7.74. The van der Waals surface area contributed by atoms with Crippen LogP contribution in [-0.4, -0.2) is 13.2 Å². The lowest BCUT2D eigenvalue weighted by Gasteiger charge is -2.28. The van der Waals surface area contributed by atoms with Gasteiger partial charge in [0.05, 0.1) is 18.6 Å². The summed E-state index contributed by atoms with van der Waals surface area (Å²) in [7, 11) is 0. The van der Waals surface area contributed by atoms with Crippen molar-refractivity contribution < 1.29 is 9.47 Å². The van der Waals surface area contributed by atoms with Crippen molar-refractivity contribution in [1.29, 1.82) is 0 Å². The molecule has 1 aliphatic rings. The molecule has 0 amide bonds. The van der Waals surface area contributed by atoms with Crippen LogP contribution in [0.3, 0.4) is 0 Å². The lowest BCUT2D eigenvalue weighted by molar-refractivity contribution is 0.267. The van der Waals surface area contributed by atoms with Gasteiger partial charge in [-0.1, -0.05) is 20.8 Å². The van der Waals surface area contributed by atoms with E-state index in [4.69, 9.17) is 21.1 Å². The topological polar surface area (TPSA) is 18.5 Å². The molecule has 3 heteroatoms. The maximum absolute atomic E-state index is 6.48. The van der Waals surface area contributed by atoms with Crippen LogP contribution in [-0.2, 0) is 0 Å². The minimum atomic E-state index is 0.102. The molecule has 20 heavy (non-hydrogen) atoms. The maximum atomic E-state index is 6.48. The summed E-state index contributed by atoms with van der Waals surface area (Å²) < 4.78 is 11.7. The largest absolute Gasteiger partial charge is 0.490 e. The standard InChI is InChI=1S/C17H25ClO2/c1-4-8-19-16-10-13-12(3)6-7-15(18)14(13)11-17(16)20-9-5-2/h10-12,15H,4-9H2,1-3H3. The normalized spacial score (nSPS) is 21.4. The Labute approximate surface area is 127 Å². The average molecular weight is 297 g/mol. The summed E-state index contributed by atoms with van der Waals surface area (Å²) >= 11 is 6.48. The molecule has 0 spiro atoms. The summed E-state index contributed by atoms with van der Waals surface area (Å²) in [6.45, 7) is 7.92. The molecule has 2 atom stereocenters. The molecular formula is C17H25ClO2. The van der Waals surface area contributed by atoms with Gasteiger partial charge in [0.2, 0.25) is 0 Å². The molecule has 112 valence electrons. The van der Waals surface area contributed by atoms with Crippen LogP contribution in [0, 0.1) is 0 Å². The summed E-state index contributed by atoms with van der Waals surface area (Å²) in [4.78, 5) is 0. The van der Waals surface area contributed by atoms with E-state index in [1.807, 2.05) is 0 Å². The second-order valence-electron chi connectivity index (χ2n) is 5.57. The Balaban J connectivity index is 2.35. The number of rotatable bonds is 6. The Hall–Kier alpha value is -0.890. The highest BCUT2D eigenvalue weighted by Crippen LogP contribution is 2.45. The molecule has 0 N–H and O–H groups in total. The highest BCUT2D eigenvalue weighted by atomic mass is 35.5. The van der Waals surface area contributed by atoms with Gasteiger partial charge in [0.25, 0.3) is 0 Å². The van der Waals surface area contributed by atoms with Crippen LogP contribution in [0.4, 0.5) is 0 Å². The first-order valence-corrected chi connectivity index (χ1v) is 8.18. The summed E-state index contributed by atoms with van der Waals surface area (Å²) in [5, 5.41) is 0.102. The fourth-order valence-corrected chi connectivity index (χ4v) is 2.96. The number of alkyl halides is 1. The zero-order chi connectivity index (χ0) is 14.5. The first-order chi connectivity index (χ1) is 9.67. The van der Waals surface area contributed by atoms with Gasteiger partial charge in [-0.25, -0.2) is 0 Å². The van der Waals surface area contributed by atoms with Crippen LogP contribution < -0.4 is 9.47 Å². The Morgan fingerprint density at radius 3 is 2.10 bits per heavy atom. The monoisotopic (exact) mass is 296 g/mol. The van der Waals surface area contributed by atoms with Crippen molar-refractivity contribution in [3.8, 4) is 11.5 Å². The third kappa shape index (κ3) is 3.41. The number of halogens is 1. The summed E-state index contributed by atoms with van der Waals surface area (Å²) in [6, 6.07) is 4.25. The van der Waals surface area contributed by atoms with Crippen molar-refractivity contribution in [2.75, 3.05) is 13.2 Å². The minimum absolute atomic E-state index is 0.102. The van der Waals surface area contributed by atoms with Gasteiger partial charge in [0, 0.05) is 0 Å². The van der Waals surface area contributed by atoms with E-state index in [1.165, 1.54) is 11.1 Å². The molecule has 0 aromatic heterocycles. The SMILES string of the molecule is CCCOc1cc2c(cc1OCCC)C(Cl)CCC2C. The van der Waals surface area contributed by atoms with E-state index < -0.39 is 0 Å². The maximum Gasteiger partial charge on any atom is 0.161 e. The van der Waals surface area contributed by atoms with E-state index in [0.717, 1.165) is 43.8 Å². The molecule has 0 bridgehead atoms. The molecule has 0 fully saturated rings. The van der Waals surface area contributed by atoms with Crippen molar-refractivity contribution in [1.82, 2.24) is 0 Å². The smallest absolute Gasteiger partial charge is 0.161 e. The fraction of sp³-hybridized carbons (Fsp3) is 0.647. The number of hydrogen-bond acceptors (Lipinski definition) is 2. The second kappa shape index (κ2) is 7.21. The molecule has 2 unspecified atom stereocenters. The molecule has 0 radical (unpaired) electrons. The van der Waals surface area contributed by atoms with Gasteiger partial charge in [-0.2, -0.15) is 0 Å².